The van der Waals surface area contributed by atoms with Crippen LogP contribution in [0.2, 0.25) is 0 Å². The van der Waals surface area contributed by atoms with Gasteiger partial charge in [0.2, 0.25) is 0 Å². The summed E-state index contributed by atoms with van der Waals surface area (Å²) in [6, 6.07) is 0. The van der Waals surface area contributed by atoms with Crippen LogP contribution in [0.4, 0.5) is 0 Å². The number of hydrogen-bond donors (Lipinski definition) is 0. The van der Waals surface area contributed by atoms with E-state index >= 15 is 0 Å². The molecule has 0 bridgehead atoms. The third-order valence-electron chi connectivity index (χ3n) is 2.67. The molecule has 0 saturated carbocycles. The second kappa shape index (κ2) is 5.05. The van der Waals surface area contributed by atoms with Crippen molar-refractivity contribution >= 4 is 5.97 Å². The Hall–Kier alpha value is -0.790. The molecule has 0 aliphatic rings. The van der Waals surface area contributed by atoms with Crippen LogP contribution in [0.15, 0.2) is 12.8 Å². The largest absolute Gasteiger partial charge is 0.435 e. The molecule has 76 valence electrons. The van der Waals surface area contributed by atoms with Gasteiger partial charge in [-0.25, -0.2) is 0 Å². The fraction of sp³-hybridized carbons (Fsp3) is 0.727. The van der Waals surface area contributed by atoms with Crippen molar-refractivity contribution in [1.82, 2.24) is 0 Å². The summed E-state index contributed by atoms with van der Waals surface area (Å²) in [5.41, 5.74) is -0.412. The third-order valence-corrected chi connectivity index (χ3v) is 2.67. The van der Waals surface area contributed by atoms with Gasteiger partial charge in [0.15, 0.2) is 0 Å². The molecule has 0 aliphatic carbocycles. The normalized spacial score (nSPS) is 13.5. The molecule has 0 rings (SSSR count). The van der Waals surface area contributed by atoms with Gasteiger partial charge in [0.25, 0.3) is 0 Å². The zero-order chi connectivity index (χ0) is 10.5. The standard InChI is InChI=1S/C11H20O2/c1-6-8-9(3)11(4,5)10(12)13-7-2/h7,9H,2,6,8H2,1,3-5H3. The minimum absolute atomic E-state index is 0.191. The van der Waals surface area contributed by atoms with Crippen molar-refractivity contribution in [2.45, 2.75) is 40.5 Å². The Morgan fingerprint density at radius 1 is 1.62 bits per heavy atom. The van der Waals surface area contributed by atoms with Crippen molar-refractivity contribution in [1.29, 1.82) is 0 Å². The number of carbonyl (C=O) groups excluding carboxylic acids is 1. The summed E-state index contributed by atoms with van der Waals surface area (Å²) in [6.07, 6.45) is 3.33. The van der Waals surface area contributed by atoms with Crippen LogP contribution >= 0.6 is 0 Å². The van der Waals surface area contributed by atoms with E-state index in [1.165, 1.54) is 6.26 Å². The van der Waals surface area contributed by atoms with Crippen molar-refractivity contribution < 1.29 is 9.53 Å². The van der Waals surface area contributed by atoms with E-state index < -0.39 is 5.41 Å². The third kappa shape index (κ3) is 3.21. The van der Waals surface area contributed by atoms with Crippen molar-refractivity contribution in [3.05, 3.63) is 12.8 Å². The molecular formula is C11H20O2. The van der Waals surface area contributed by atoms with E-state index in [4.69, 9.17) is 4.74 Å². The number of esters is 1. The first-order valence-electron chi connectivity index (χ1n) is 4.78. The average Bonchev–Trinajstić information content (AvgIpc) is 2.05. The first-order valence-corrected chi connectivity index (χ1v) is 4.78. The highest BCUT2D eigenvalue weighted by molar-refractivity contribution is 5.76. The molecule has 0 spiro atoms. The van der Waals surface area contributed by atoms with Gasteiger partial charge < -0.3 is 4.74 Å². The van der Waals surface area contributed by atoms with Crippen LogP contribution in [0.3, 0.4) is 0 Å². The van der Waals surface area contributed by atoms with E-state index in [0.717, 1.165) is 12.8 Å². The Bertz CT molecular complexity index is 183. The summed E-state index contributed by atoms with van der Waals surface area (Å²) in [5.74, 6) is 0.147. The van der Waals surface area contributed by atoms with E-state index in [2.05, 4.69) is 20.4 Å². The van der Waals surface area contributed by atoms with Gasteiger partial charge in [0, 0.05) is 0 Å². The lowest BCUT2D eigenvalue weighted by molar-refractivity contribution is -0.150. The molecule has 2 heteroatoms. The van der Waals surface area contributed by atoms with E-state index in [0.29, 0.717) is 5.92 Å². The molecule has 2 nitrogen and oxygen atoms in total. The predicted octanol–water partition coefficient (Wildman–Crippen LogP) is 3.14. The summed E-state index contributed by atoms with van der Waals surface area (Å²) >= 11 is 0. The Balaban J connectivity index is 4.34. The zero-order valence-corrected chi connectivity index (χ0v) is 9.09. The molecule has 0 fully saturated rings. The summed E-state index contributed by atoms with van der Waals surface area (Å²) < 4.78 is 4.80. The minimum Gasteiger partial charge on any atom is -0.435 e. The minimum atomic E-state index is -0.412. The van der Waals surface area contributed by atoms with E-state index in [1.807, 2.05) is 13.8 Å². The molecule has 0 amide bonds. The van der Waals surface area contributed by atoms with Crippen molar-refractivity contribution in [3.63, 3.8) is 0 Å². The lowest BCUT2D eigenvalue weighted by Gasteiger charge is -2.28. The number of rotatable bonds is 5. The monoisotopic (exact) mass is 184 g/mol. The van der Waals surface area contributed by atoms with E-state index in [1.54, 1.807) is 0 Å². The van der Waals surface area contributed by atoms with Gasteiger partial charge in [-0.05, 0) is 26.2 Å². The molecule has 13 heavy (non-hydrogen) atoms. The number of carbonyl (C=O) groups is 1. The Labute approximate surface area is 81.0 Å². The number of hydrogen-bond acceptors (Lipinski definition) is 2. The fourth-order valence-electron chi connectivity index (χ4n) is 1.22. The molecular weight excluding hydrogens is 164 g/mol. The van der Waals surface area contributed by atoms with E-state index in [-0.39, 0.29) is 5.97 Å². The summed E-state index contributed by atoms with van der Waals surface area (Å²) in [7, 11) is 0. The van der Waals surface area contributed by atoms with Gasteiger partial charge in [0.1, 0.15) is 0 Å². The van der Waals surface area contributed by atoms with Gasteiger partial charge in [-0.1, -0.05) is 26.8 Å². The highest BCUT2D eigenvalue weighted by atomic mass is 16.5. The Kier molecular flexibility index (Phi) is 4.74. The average molecular weight is 184 g/mol. The molecule has 0 aliphatic heterocycles. The molecule has 0 saturated heterocycles. The lowest BCUT2D eigenvalue weighted by atomic mass is 9.78. The molecule has 0 aromatic rings. The molecule has 0 aromatic heterocycles. The second-order valence-corrected chi connectivity index (χ2v) is 3.98. The van der Waals surface area contributed by atoms with Crippen LogP contribution in [0.5, 0.6) is 0 Å². The van der Waals surface area contributed by atoms with Crippen molar-refractivity contribution in [2.24, 2.45) is 11.3 Å². The van der Waals surface area contributed by atoms with Gasteiger partial charge >= 0.3 is 5.97 Å². The first-order chi connectivity index (χ1) is 5.96. The van der Waals surface area contributed by atoms with Crippen LogP contribution < -0.4 is 0 Å². The maximum atomic E-state index is 11.5. The van der Waals surface area contributed by atoms with Crippen LogP contribution in [0, 0.1) is 11.3 Å². The van der Waals surface area contributed by atoms with Gasteiger partial charge in [-0.3, -0.25) is 4.79 Å². The molecule has 1 unspecified atom stereocenters. The topological polar surface area (TPSA) is 26.3 Å². The first kappa shape index (κ1) is 12.2. The fourth-order valence-corrected chi connectivity index (χ4v) is 1.22. The number of ether oxygens (including phenoxy) is 1. The smallest absolute Gasteiger partial charge is 0.316 e. The molecule has 0 aromatic carbocycles. The van der Waals surface area contributed by atoms with Crippen LogP contribution in [-0.4, -0.2) is 5.97 Å². The second-order valence-electron chi connectivity index (χ2n) is 3.98. The SMILES string of the molecule is C=COC(=O)C(C)(C)C(C)CCC. The predicted molar refractivity (Wildman–Crippen MR) is 54.1 cm³/mol. The van der Waals surface area contributed by atoms with Crippen molar-refractivity contribution in [3.8, 4) is 0 Å². The zero-order valence-electron chi connectivity index (χ0n) is 9.09. The maximum Gasteiger partial charge on any atom is 0.316 e. The van der Waals surface area contributed by atoms with Crippen molar-refractivity contribution in [2.75, 3.05) is 0 Å². The van der Waals surface area contributed by atoms with Crippen LogP contribution in [0.1, 0.15) is 40.5 Å². The highest BCUT2D eigenvalue weighted by Gasteiger charge is 2.34. The quantitative estimate of drug-likeness (QED) is 0.484. The lowest BCUT2D eigenvalue weighted by Crippen LogP contribution is -2.32. The van der Waals surface area contributed by atoms with Gasteiger partial charge in [-0.15, -0.1) is 0 Å². The molecule has 0 heterocycles. The molecule has 0 N–H and O–H groups in total. The summed E-state index contributed by atoms with van der Waals surface area (Å²) in [6.45, 7) is 11.4. The van der Waals surface area contributed by atoms with E-state index in [9.17, 15) is 4.79 Å². The van der Waals surface area contributed by atoms with Gasteiger partial charge in [0.05, 0.1) is 11.7 Å². The molecule has 1 atom stereocenters. The van der Waals surface area contributed by atoms with Gasteiger partial charge in [-0.2, -0.15) is 0 Å². The summed E-state index contributed by atoms with van der Waals surface area (Å²) in [5, 5.41) is 0. The maximum absolute atomic E-state index is 11.5. The van der Waals surface area contributed by atoms with Crippen LogP contribution in [0.25, 0.3) is 0 Å². The molecule has 0 radical (unpaired) electrons. The Morgan fingerprint density at radius 3 is 2.54 bits per heavy atom. The summed E-state index contributed by atoms with van der Waals surface area (Å²) in [4.78, 5) is 11.5. The highest BCUT2D eigenvalue weighted by Crippen LogP contribution is 2.31. The Morgan fingerprint density at radius 2 is 2.15 bits per heavy atom. The van der Waals surface area contributed by atoms with Crippen LogP contribution in [-0.2, 0) is 9.53 Å².